The number of carboxylic acid groups (broad SMARTS) is 1. The third-order valence-electron chi connectivity index (χ3n) is 4.16. The standard InChI is InChI=1S/C15H17NO3S/c1-9-7-16(8-11(9)15(18)19)14(17)13-6-10-4-2-3-5-12(10)20-13/h2-5,9,11,13H,6-8H2,1H3,(H,18,19)/t9-,11-,13?/m1/s1. The fourth-order valence-corrected chi connectivity index (χ4v) is 4.27. The molecule has 2 heterocycles. The Kier molecular flexibility index (Phi) is 3.46. The summed E-state index contributed by atoms with van der Waals surface area (Å²) in [5.74, 6) is -1.10. The van der Waals surface area contributed by atoms with E-state index in [1.165, 1.54) is 10.5 Å². The van der Waals surface area contributed by atoms with Gasteiger partial charge in [0, 0.05) is 18.0 Å². The van der Waals surface area contributed by atoms with Crippen molar-refractivity contribution in [3.63, 3.8) is 0 Å². The summed E-state index contributed by atoms with van der Waals surface area (Å²) >= 11 is 1.60. The summed E-state index contributed by atoms with van der Waals surface area (Å²) in [4.78, 5) is 26.6. The predicted molar refractivity (Wildman–Crippen MR) is 76.7 cm³/mol. The van der Waals surface area contributed by atoms with Crippen molar-refractivity contribution in [2.75, 3.05) is 13.1 Å². The Labute approximate surface area is 122 Å². The average Bonchev–Trinajstić information content (AvgIpc) is 3.01. The number of thioether (sulfide) groups is 1. The first-order chi connectivity index (χ1) is 9.56. The number of amides is 1. The molecule has 1 aromatic rings. The normalized spacial score (nSPS) is 28.4. The molecule has 0 aliphatic carbocycles. The second kappa shape index (κ2) is 5.13. The van der Waals surface area contributed by atoms with Crippen LogP contribution in [0.15, 0.2) is 29.2 Å². The van der Waals surface area contributed by atoms with Gasteiger partial charge in [-0.15, -0.1) is 11.8 Å². The third-order valence-corrected chi connectivity index (χ3v) is 5.47. The topological polar surface area (TPSA) is 57.6 Å². The van der Waals surface area contributed by atoms with Gasteiger partial charge in [0.2, 0.25) is 5.91 Å². The van der Waals surface area contributed by atoms with Crippen LogP contribution in [-0.4, -0.2) is 40.2 Å². The lowest BCUT2D eigenvalue weighted by atomic mass is 9.99. The van der Waals surface area contributed by atoms with Crippen molar-refractivity contribution in [2.24, 2.45) is 11.8 Å². The fraction of sp³-hybridized carbons (Fsp3) is 0.467. The van der Waals surface area contributed by atoms with Gasteiger partial charge in [0.25, 0.3) is 0 Å². The maximum Gasteiger partial charge on any atom is 0.308 e. The number of aliphatic carboxylic acids is 1. The molecule has 0 saturated carbocycles. The number of carbonyl (C=O) groups excluding carboxylic acids is 1. The van der Waals surface area contributed by atoms with E-state index in [-0.39, 0.29) is 17.1 Å². The molecule has 0 spiro atoms. The highest BCUT2D eigenvalue weighted by atomic mass is 32.2. The zero-order valence-corrected chi connectivity index (χ0v) is 12.1. The number of rotatable bonds is 2. The lowest BCUT2D eigenvalue weighted by Gasteiger charge is -2.19. The van der Waals surface area contributed by atoms with Gasteiger partial charge in [-0.2, -0.15) is 0 Å². The molecule has 20 heavy (non-hydrogen) atoms. The maximum atomic E-state index is 12.5. The van der Waals surface area contributed by atoms with Crippen LogP contribution in [0.4, 0.5) is 0 Å². The largest absolute Gasteiger partial charge is 0.481 e. The SMILES string of the molecule is C[C@@H]1CN(C(=O)C2Cc3ccccc3S2)C[C@H]1C(=O)O. The number of carboxylic acids is 1. The first-order valence-electron chi connectivity index (χ1n) is 6.82. The summed E-state index contributed by atoms with van der Waals surface area (Å²) in [6.45, 7) is 2.81. The van der Waals surface area contributed by atoms with Gasteiger partial charge < -0.3 is 10.0 Å². The van der Waals surface area contributed by atoms with Crippen LogP contribution in [0.25, 0.3) is 0 Å². The van der Waals surface area contributed by atoms with Crippen LogP contribution in [0.2, 0.25) is 0 Å². The minimum Gasteiger partial charge on any atom is -0.481 e. The van der Waals surface area contributed by atoms with Gasteiger partial charge >= 0.3 is 5.97 Å². The van der Waals surface area contributed by atoms with Crippen LogP contribution in [0.3, 0.4) is 0 Å². The molecule has 3 rings (SSSR count). The zero-order valence-electron chi connectivity index (χ0n) is 11.3. The third kappa shape index (κ3) is 2.30. The minimum atomic E-state index is -0.796. The van der Waals surface area contributed by atoms with E-state index in [2.05, 4.69) is 6.07 Å². The highest BCUT2D eigenvalue weighted by Gasteiger charge is 2.40. The summed E-state index contributed by atoms with van der Waals surface area (Å²) in [5, 5.41) is 9.06. The fourth-order valence-electron chi connectivity index (χ4n) is 2.99. The number of benzene rings is 1. The molecule has 5 heteroatoms. The Morgan fingerprint density at radius 1 is 1.30 bits per heavy atom. The second-order valence-electron chi connectivity index (χ2n) is 5.58. The molecule has 1 N–H and O–H groups in total. The van der Waals surface area contributed by atoms with Crippen molar-refractivity contribution < 1.29 is 14.7 Å². The lowest BCUT2D eigenvalue weighted by molar-refractivity contribution is -0.142. The molecule has 2 aliphatic heterocycles. The molecule has 0 bridgehead atoms. The molecule has 3 atom stereocenters. The molecule has 1 amide bonds. The Morgan fingerprint density at radius 3 is 2.70 bits per heavy atom. The van der Waals surface area contributed by atoms with Gasteiger partial charge in [-0.25, -0.2) is 0 Å². The van der Waals surface area contributed by atoms with E-state index in [1.54, 1.807) is 16.7 Å². The molecular formula is C15H17NO3S. The molecule has 1 saturated heterocycles. The first kappa shape index (κ1) is 13.5. The minimum absolute atomic E-state index is 0.0326. The van der Waals surface area contributed by atoms with Crippen molar-refractivity contribution in [2.45, 2.75) is 23.5 Å². The molecular weight excluding hydrogens is 274 g/mol. The van der Waals surface area contributed by atoms with Crippen LogP contribution < -0.4 is 0 Å². The molecule has 0 radical (unpaired) electrons. The number of hydrogen-bond donors (Lipinski definition) is 1. The van der Waals surface area contributed by atoms with Crippen molar-refractivity contribution in [3.8, 4) is 0 Å². The lowest BCUT2D eigenvalue weighted by Crippen LogP contribution is -2.36. The average molecular weight is 291 g/mol. The Balaban J connectivity index is 1.69. The summed E-state index contributed by atoms with van der Waals surface area (Å²) in [7, 11) is 0. The van der Waals surface area contributed by atoms with Crippen LogP contribution in [0, 0.1) is 11.8 Å². The Hall–Kier alpha value is -1.49. The van der Waals surface area contributed by atoms with E-state index in [0.717, 1.165) is 6.42 Å². The predicted octanol–water partition coefficient (Wildman–Crippen LogP) is 1.88. The van der Waals surface area contributed by atoms with Crippen molar-refractivity contribution in [1.82, 2.24) is 4.90 Å². The van der Waals surface area contributed by atoms with Gasteiger partial charge in [-0.1, -0.05) is 25.1 Å². The van der Waals surface area contributed by atoms with E-state index in [4.69, 9.17) is 5.11 Å². The van der Waals surface area contributed by atoms with Gasteiger partial charge in [-0.3, -0.25) is 9.59 Å². The molecule has 106 valence electrons. The van der Waals surface area contributed by atoms with Gasteiger partial charge in [0.1, 0.15) is 0 Å². The van der Waals surface area contributed by atoms with Crippen LogP contribution >= 0.6 is 11.8 Å². The Bertz CT molecular complexity index is 535. The van der Waals surface area contributed by atoms with E-state index in [9.17, 15) is 9.59 Å². The molecule has 2 aliphatic rings. The summed E-state index contributed by atoms with van der Waals surface area (Å²) in [6, 6.07) is 8.07. The van der Waals surface area contributed by atoms with E-state index in [1.807, 2.05) is 25.1 Å². The number of hydrogen-bond acceptors (Lipinski definition) is 3. The first-order valence-corrected chi connectivity index (χ1v) is 7.70. The van der Waals surface area contributed by atoms with Crippen molar-refractivity contribution in [3.05, 3.63) is 29.8 Å². The van der Waals surface area contributed by atoms with Gasteiger partial charge in [0.15, 0.2) is 0 Å². The van der Waals surface area contributed by atoms with Crippen molar-refractivity contribution in [1.29, 1.82) is 0 Å². The van der Waals surface area contributed by atoms with Crippen molar-refractivity contribution >= 4 is 23.6 Å². The molecule has 1 aromatic carbocycles. The number of carbonyl (C=O) groups is 2. The monoisotopic (exact) mass is 291 g/mol. The van der Waals surface area contributed by atoms with E-state index < -0.39 is 11.9 Å². The quantitative estimate of drug-likeness (QED) is 0.904. The summed E-state index contributed by atoms with van der Waals surface area (Å²) in [5.41, 5.74) is 1.22. The van der Waals surface area contributed by atoms with Crippen LogP contribution in [-0.2, 0) is 16.0 Å². The molecule has 1 fully saturated rings. The highest BCUT2D eigenvalue weighted by molar-refractivity contribution is 8.01. The van der Waals surface area contributed by atoms with Crippen LogP contribution in [0.1, 0.15) is 12.5 Å². The number of nitrogens with zero attached hydrogens (tertiary/aromatic N) is 1. The smallest absolute Gasteiger partial charge is 0.308 e. The summed E-state index contributed by atoms with van der Waals surface area (Å²) in [6.07, 6.45) is 0.752. The molecule has 4 nitrogen and oxygen atoms in total. The Morgan fingerprint density at radius 2 is 2.05 bits per heavy atom. The number of likely N-dealkylation sites (tertiary alicyclic amines) is 1. The van der Waals surface area contributed by atoms with E-state index in [0.29, 0.717) is 13.1 Å². The molecule has 1 unspecified atom stereocenters. The number of fused-ring (bicyclic) bond motifs is 1. The zero-order chi connectivity index (χ0) is 14.3. The van der Waals surface area contributed by atoms with Crippen LogP contribution in [0.5, 0.6) is 0 Å². The van der Waals surface area contributed by atoms with Gasteiger partial charge in [-0.05, 0) is 24.0 Å². The van der Waals surface area contributed by atoms with Gasteiger partial charge in [0.05, 0.1) is 11.2 Å². The maximum absolute atomic E-state index is 12.5. The second-order valence-corrected chi connectivity index (χ2v) is 6.83. The molecule has 0 aromatic heterocycles. The highest BCUT2D eigenvalue weighted by Crippen LogP contribution is 2.38. The van der Waals surface area contributed by atoms with E-state index >= 15 is 0 Å². The summed E-state index contributed by atoms with van der Waals surface area (Å²) < 4.78 is 0.